The minimum atomic E-state index is 0.353. The van der Waals surface area contributed by atoms with Crippen LogP contribution in [0.4, 0.5) is 0 Å². The molecule has 0 unspecified atom stereocenters. The zero-order valence-corrected chi connectivity index (χ0v) is 9.69. The molecule has 0 aliphatic carbocycles. The lowest BCUT2D eigenvalue weighted by atomic mass is 10.2. The molecule has 4 nitrogen and oxygen atoms in total. The highest BCUT2D eigenvalue weighted by Crippen LogP contribution is 2.14. The molecule has 0 bridgehead atoms. The van der Waals surface area contributed by atoms with E-state index in [2.05, 4.69) is 15.3 Å². The minimum absolute atomic E-state index is 0.353. The summed E-state index contributed by atoms with van der Waals surface area (Å²) in [6, 6.07) is 7.39. The Hall–Kier alpha value is -1.81. The molecule has 2 aromatic rings. The number of aromatic nitrogens is 2. The summed E-state index contributed by atoms with van der Waals surface area (Å²) in [7, 11) is 0. The molecular weight excluding hydrogens is 214 g/mol. The highest BCUT2D eigenvalue weighted by molar-refractivity contribution is 5.31. The van der Waals surface area contributed by atoms with Crippen LogP contribution in [0.15, 0.2) is 36.7 Å². The topological polar surface area (TPSA) is 60.9 Å². The fraction of sp³-hybridized carbons (Fsp3) is 0.308. The summed E-state index contributed by atoms with van der Waals surface area (Å²) in [6.07, 6.45) is 5.58. The number of H-pyrrole nitrogens is 1. The largest absolute Gasteiger partial charge is 0.508 e. The molecule has 1 aromatic heterocycles. The predicted octanol–water partition coefficient (Wildman–Crippen LogP) is 1.84. The number of hydrogen-bond acceptors (Lipinski definition) is 3. The van der Waals surface area contributed by atoms with E-state index in [4.69, 9.17) is 0 Å². The van der Waals surface area contributed by atoms with Gasteiger partial charge in [-0.25, -0.2) is 4.98 Å². The molecule has 0 fully saturated rings. The third kappa shape index (κ3) is 3.60. The van der Waals surface area contributed by atoms with Crippen LogP contribution in [-0.2, 0) is 13.0 Å². The lowest BCUT2D eigenvalue weighted by molar-refractivity contribution is 0.464. The first-order valence-electron chi connectivity index (χ1n) is 5.82. The van der Waals surface area contributed by atoms with Gasteiger partial charge in [-0.3, -0.25) is 0 Å². The van der Waals surface area contributed by atoms with Gasteiger partial charge in [-0.15, -0.1) is 0 Å². The van der Waals surface area contributed by atoms with Crippen molar-refractivity contribution >= 4 is 0 Å². The summed E-state index contributed by atoms with van der Waals surface area (Å²) in [5.41, 5.74) is 0.936. The van der Waals surface area contributed by atoms with Crippen LogP contribution in [0.2, 0.25) is 0 Å². The van der Waals surface area contributed by atoms with E-state index in [1.807, 2.05) is 24.4 Å². The zero-order valence-electron chi connectivity index (χ0n) is 9.69. The van der Waals surface area contributed by atoms with Gasteiger partial charge in [0.1, 0.15) is 11.6 Å². The van der Waals surface area contributed by atoms with E-state index in [0.29, 0.717) is 12.3 Å². The van der Waals surface area contributed by atoms with Crippen LogP contribution in [0.1, 0.15) is 17.8 Å². The van der Waals surface area contributed by atoms with Crippen molar-refractivity contribution in [1.29, 1.82) is 0 Å². The van der Waals surface area contributed by atoms with Crippen molar-refractivity contribution in [2.45, 2.75) is 19.4 Å². The van der Waals surface area contributed by atoms with Crippen LogP contribution >= 0.6 is 0 Å². The maximum absolute atomic E-state index is 9.56. The first-order chi connectivity index (χ1) is 8.36. The normalized spacial score (nSPS) is 10.6. The number of benzene rings is 1. The van der Waals surface area contributed by atoms with Crippen LogP contribution in [-0.4, -0.2) is 21.6 Å². The van der Waals surface area contributed by atoms with E-state index < -0.39 is 0 Å². The van der Waals surface area contributed by atoms with Gasteiger partial charge >= 0.3 is 0 Å². The van der Waals surface area contributed by atoms with Gasteiger partial charge in [0.05, 0.1) is 0 Å². The third-order valence-electron chi connectivity index (χ3n) is 2.63. The second-order valence-corrected chi connectivity index (χ2v) is 3.94. The molecule has 0 aliphatic rings. The molecule has 3 N–H and O–H groups in total. The van der Waals surface area contributed by atoms with Crippen LogP contribution in [0.3, 0.4) is 0 Å². The van der Waals surface area contributed by atoms with Gasteiger partial charge in [0, 0.05) is 30.9 Å². The Balaban J connectivity index is 1.65. The van der Waals surface area contributed by atoms with E-state index in [-0.39, 0.29) is 0 Å². The fourth-order valence-corrected chi connectivity index (χ4v) is 1.70. The lowest BCUT2D eigenvalue weighted by Crippen LogP contribution is -2.15. The number of aryl methyl sites for hydroxylation is 1. The van der Waals surface area contributed by atoms with Crippen LogP contribution in [0.5, 0.6) is 5.75 Å². The number of nitrogens with zero attached hydrogens (tertiary/aromatic N) is 1. The zero-order chi connectivity index (χ0) is 11.9. The molecule has 0 aliphatic heterocycles. The predicted molar refractivity (Wildman–Crippen MR) is 66.7 cm³/mol. The summed E-state index contributed by atoms with van der Waals surface area (Å²) in [6.45, 7) is 1.61. The maximum Gasteiger partial charge on any atom is 0.120 e. The van der Waals surface area contributed by atoms with Crippen LogP contribution in [0, 0.1) is 0 Å². The van der Waals surface area contributed by atoms with Crippen molar-refractivity contribution < 1.29 is 5.11 Å². The Bertz CT molecular complexity index is 440. The van der Waals surface area contributed by atoms with Crippen molar-refractivity contribution in [2.24, 2.45) is 0 Å². The summed E-state index contributed by atoms with van der Waals surface area (Å²) in [4.78, 5) is 7.24. The second kappa shape index (κ2) is 6.06. The van der Waals surface area contributed by atoms with Crippen LogP contribution < -0.4 is 5.32 Å². The highest BCUT2D eigenvalue weighted by Gasteiger charge is 1.99. The van der Waals surface area contributed by atoms with E-state index in [9.17, 15) is 5.11 Å². The number of phenols is 1. The Morgan fingerprint density at radius 3 is 2.94 bits per heavy atom. The van der Waals surface area contributed by atoms with E-state index >= 15 is 0 Å². The number of aromatic amines is 1. The Labute approximate surface area is 101 Å². The molecule has 17 heavy (non-hydrogen) atoms. The number of hydrogen-bond donors (Lipinski definition) is 3. The lowest BCUT2D eigenvalue weighted by Gasteiger charge is -2.05. The van der Waals surface area contributed by atoms with Gasteiger partial charge < -0.3 is 15.4 Å². The number of phenolic OH excluding ortho intramolecular Hbond substituents is 1. The fourth-order valence-electron chi connectivity index (χ4n) is 1.70. The highest BCUT2D eigenvalue weighted by atomic mass is 16.3. The number of nitrogens with one attached hydrogen (secondary N) is 2. The van der Waals surface area contributed by atoms with E-state index in [1.165, 1.54) is 0 Å². The van der Waals surface area contributed by atoms with Gasteiger partial charge in [0.2, 0.25) is 0 Å². The number of para-hydroxylation sites is 1. The van der Waals surface area contributed by atoms with Crippen molar-refractivity contribution in [2.75, 3.05) is 6.54 Å². The van der Waals surface area contributed by atoms with E-state index in [1.54, 1.807) is 12.3 Å². The molecule has 4 heteroatoms. The molecule has 0 spiro atoms. The number of aromatic hydroxyl groups is 1. The Morgan fingerprint density at radius 1 is 1.29 bits per heavy atom. The standard InChI is InChI=1S/C13H17N3O/c17-12-5-2-1-4-11(12)10-14-7-3-6-13-15-8-9-16-13/h1-2,4-5,8-9,14,17H,3,6-7,10H2,(H,15,16). The monoisotopic (exact) mass is 231 g/mol. The molecule has 2 rings (SSSR count). The molecule has 0 saturated carbocycles. The van der Waals surface area contributed by atoms with Gasteiger partial charge in [-0.2, -0.15) is 0 Å². The maximum atomic E-state index is 9.56. The first-order valence-corrected chi connectivity index (χ1v) is 5.82. The van der Waals surface area contributed by atoms with Gasteiger partial charge in [-0.05, 0) is 19.0 Å². The number of imidazole rings is 1. The van der Waals surface area contributed by atoms with E-state index in [0.717, 1.165) is 30.8 Å². The molecule has 0 saturated heterocycles. The first kappa shape index (κ1) is 11.7. The summed E-state index contributed by atoms with van der Waals surface area (Å²) in [5, 5.41) is 12.9. The average molecular weight is 231 g/mol. The van der Waals surface area contributed by atoms with Crippen molar-refractivity contribution in [3.8, 4) is 5.75 Å². The average Bonchev–Trinajstić information content (AvgIpc) is 2.84. The molecule has 90 valence electrons. The summed E-state index contributed by atoms with van der Waals surface area (Å²) >= 11 is 0. The quantitative estimate of drug-likeness (QED) is 0.665. The molecule has 0 atom stereocenters. The molecule has 0 amide bonds. The Kier molecular flexibility index (Phi) is 4.16. The van der Waals surface area contributed by atoms with Gasteiger partial charge in [0.15, 0.2) is 0 Å². The molecular formula is C13H17N3O. The summed E-state index contributed by atoms with van der Waals surface area (Å²) in [5.74, 6) is 1.38. The summed E-state index contributed by atoms with van der Waals surface area (Å²) < 4.78 is 0. The third-order valence-corrected chi connectivity index (χ3v) is 2.63. The molecule has 0 radical (unpaired) electrons. The molecule has 1 aromatic carbocycles. The minimum Gasteiger partial charge on any atom is -0.508 e. The van der Waals surface area contributed by atoms with Crippen molar-refractivity contribution in [3.63, 3.8) is 0 Å². The van der Waals surface area contributed by atoms with Crippen molar-refractivity contribution in [1.82, 2.24) is 15.3 Å². The Morgan fingerprint density at radius 2 is 2.18 bits per heavy atom. The number of rotatable bonds is 6. The van der Waals surface area contributed by atoms with Crippen LogP contribution in [0.25, 0.3) is 0 Å². The van der Waals surface area contributed by atoms with Crippen molar-refractivity contribution in [3.05, 3.63) is 48.0 Å². The molecule has 1 heterocycles. The van der Waals surface area contributed by atoms with Gasteiger partial charge in [0.25, 0.3) is 0 Å². The second-order valence-electron chi connectivity index (χ2n) is 3.94. The SMILES string of the molecule is Oc1ccccc1CNCCCc1ncc[nH]1. The smallest absolute Gasteiger partial charge is 0.120 e. The van der Waals surface area contributed by atoms with Gasteiger partial charge in [-0.1, -0.05) is 18.2 Å².